The summed E-state index contributed by atoms with van der Waals surface area (Å²) in [6, 6.07) is 10.1. The third-order valence-corrected chi connectivity index (χ3v) is 4.88. The Bertz CT molecular complexity index is 924. The predicted molar refractivity (Wildman–Crippen MR) is 98.0 cm³/mol. The number of rotatable bonds is 8. The van der Waals surface area contributed by atoms with E-state index in [0.717, 1.165) is 6.42 Å². The van der Waals surface area contributed by atoms with E-state index in [-0.39, 0.29) is 5.75 Å². The zero-order valence-corrected chi connectivity index (χ0v) is 15.1. The Labute approximate surface area is 151 Å². The van der Waals surface area contributed by atoms with E-state index in [1.54, 1.807) is 59.7 Å². The van der Waals surface area contributed by atoms with Crippen LogP contribution in [0.4, 0.5) is 5.69 Å². The lowest BCUT2D eigenvalue weighted by atomic mass is 10.3. The van der Waals surface area contributed by atoms with Crippen molar-refractivity contribution in [1.29, 1.82) is 0 Å². The van der Waals surface area contributed by atoms with Gasteiger partial charge in [0.05, 0.1) is 5.75 Å². The van der Waals surface area contributed by atoms with Crippen LogP contribution in [-0.2, 0) is 10.0 Å². The normalized spacial score (nSPS) is 11.3. The molecule has 0 amide bonds. The fourth-order valence-corrected chi connectivity index (χ4v) is 3.44. The van der Waals surface area contributed by atoms with Gasteiger partial charge in [-0.05, 0) is 36.8 Å². The van der Waals surface area contributed by atoms with Gasteiger partial charge in [0.15, 0.2) is 5.82 Å². The van der Waals surface area contributed by atoms with E-state index < -0.39 is 10.0 Å². The van der Waals surface area contributed by atoms with Gasteiger partial charge in [0.2, 0.25) is 15.9 Å². The van der Waals surface area contributed by atoms with E-state index in [9.17, 15) is 8.42 Å². The van der Waals surface area contributed by atoms with Crippen LogP contribution in [0.2, 0.25) is 0 Å². The first-order chi connectivity index (χ1) is 12.6. The van der Waals surface area contributed by atoms with Crippen molar-refractivity contribution < 1.29 is 13.2 Å². The lowest BCUT2D eigenvalue weighted by molar-refractivity contribution is 0.454. The molecule has 0 aliphatic heterocycles. The summed E-state index contributed by atoms with van der Waals surface area (Å²) in [6.45, 7) is 1.95. The summed E-state index contributed by atoms with van der Waals surface area (Å²) in [4.78, 5) is 3.95. The van der Waals surface area contributed by atoms with Gasteiger partial charge in [-0.1, -0.05) is 13.3 Å². The first kappa shape index (κ1) is 17.9. The van der Waals surface area contributed by atoms with Crippen LogP contribution in [0.5, 0.6) is 11.6 Å². The quantitative estimate of drug-likeness (QED) is 0.652. The second-order valence-corrected chi connectivity index (χ2v) is 7.44. The SMILES string of the molecule is CCCCS(=O)(=O)Nc1ccc(Oc2ccc(-n3ccnc3)nn2)cc1. The molecule has 3 aromatic rings. The number of benzene rings is 1. The van der Waals surface area contributed by atoms with Crippen LogP contribution in [0.1, 0.15) is 19.8 Å². The molecule has 8 nitrogen and oxygen atoms in total. The molecule has 2 aromatic heterocycles. The predicted octanol–water partition coefficient (Wildman–Crippen LogP) is 3.00. The molecule has 0 spiro atoms. The van der Waals surface area contributed by atoms with Gasteiger partial charge in [-0.15, -0.1) is 10.2 Å². The summed E-state index contributed by atoms with van der Waals surface area (Å²) in [6.07, 6.45) is 6.51. The summed E-state index contributed by atoms with van der Waals surface area (Å²) < 4.78 is 33.7. The first-order valence-electron chi connectivity index (χ1n) is 8.16. The molecule has 0 aliphatic carbocycles. The van der Waals surface area contributed by atoms with Crippen LogP contribution >= 0.6 is 0 Å². The Morgan fingerprint density at radius 3 is 2.54 bits per heavy atom. The topological polar surface area (TPSA) is 99.0 Å². The summed E-state index contributed by atoms with van der Waals surface area (Å²) >= 11 is 0. The van der Waals surface area contributed by atoms with Crippen LogP contribution in [0, 0.1) is 0 Å². The monoisotopic (exact) mass is 373 g/mol. The van der Waals surface area contributed by atoms with Gasteiger partial charge in [-0.25, -0.2) is 13.4 Å². The number of hydrogen-bond acceptors (Lipinski definition) is 6. The molecule has 1 N–H and O–H groups in total. The summed E-state index contributed by atoms with van der Waals surface area (Å²) in [5.41, 5.74) is 0.495. The molecular weight excluding hydrogens is 354 g/mol. The van der Waals surface area contributed by atoms with Crippen molar-refractivity contribution in [2.24, 2.45) is 0 Å². The standard InChI is InChI=1S/C17H19N5O3S/c1-2-3-12-26(23,24)21-14-4-6-15(7-5-14)25-17-9-8-16(19-20-17)22-11-10-18-13-22/h4-11,13,21H,2-3,12H2,1H3. The Morgan fingerprint density at radius 1 is 1.12 bits per heavy atom. The molecule has 0 aliphatic rings. The average molecular weight is 373 g/mol. The minimum Gasteiger partial charge on any atom is -0.438 e. The van der Waals surface area contributed by atoms with Gasteiger partial charge in [0, 0.05) is 24.1 Å². The summed E-state index contributed by atoms with van der Waals surface area (Å²) in [5, 5.41) is 8.08. The van der Waals surface area contributed by atoms with Gasteiger partial charge in [0.1, 0.15) is 12.1 Å². The van der Waals surface area contributed by atoms with E-state index in [0.29, 0.717) is 29.6 Å². The lowest BCUT2D eigenvalue weighted by Gasteiger charge is -2.09. The molecule has 1 aromatic carbocycles. The molecule has 3 rings (SSSR count). The highest BCUT2D eigenvalue weighted by atomic mass is 32.2. The number of nitrogens with zero attached hydrogens (tertiary/aromatic N) is 4. The second-order valence-electron chi connectivity index (χ2n) is 5.60. The number of anilines is 1. The maximum absolute atomic E-state index is 11.9. The van der Waals surface area contributed by atoms with Crippen LogP contribution in [-0.4, -0.2) is 33.9 Å². The Morgan fingerprint density at radius 2 is 1.92 bits per heavy atom. The van der Waals surface area contributed by atoms with E-state index >= 15 is 0 Å². The number of aromatic nitrogens is 4. The van der Waals surface area contributed by atoms with Crippen molar-refractivity contribution in [2.45, 2.75) is 19.8 Å². The van der Waals surface area contributed by atoms with Gasteiger partial charge in [-0.2, -0.15) is 0 Å². The third-order valence-electron chi connectivity index (χ3n) is 3.51. The average Bonchev–Trinajstić information content (AvgIpc) is 3.17. The Kier molecular flexibility index (Phi) is 5.47. The highest BCUT2D eigenvalue weighted by molar-refractivity contribution is 7.92. The van der Waals surface area contributed by atoms with Crippen molar-refractivity contribution >= 4 is 15.7 Å². The fraction of sp³-hybridized carbons (Fsp3) is 0.235. The van der Waals surface area contributed by atoms with E-state index in [2.05, 4.69) is 19.9 Å². The zero-order chi connectivity index (χ0) is 18.4. The molecule has 0 fully saturated rings. The molecule has 0 saturated heterocycles. The van der Waals surface area contributed by atoms with Crippen molar-refractivity contribution in [1.82, 2.24) is 19.7 Å². The van der Waals surface area contributed by atoms with Crippen molar-refractivity contribution in [3.63, 3.8) is 0 Å². The lowest BCUT2D eigenvalue weighted by Crippen LogP contribution is -2.16. The minimum atomic E-state index is -3.32. The number of unbranched alkanes of at least 4 members (excludes halogenated alkanes) is 1. The Hall–Kier alpha value is -2.94. The van der Waals surface area contributed by atoms with Gasteiger partial charge in [-0.3, -0.25) is 9.29 Å². The summed E-state index contributed by atoms with van der Waals surface area (Å²) in [7, 11) is -3.32. The first-order valence-corrected chi connectivity index (χ1v) is 9.81. The zero-order valence-electron chi connectivity index (χ0n) is 14.2. The van der Waals surface area contributed by atoms with E-state index in [4.69, 9.17) is 4.74 Å². The fourth-order valence-electron chi connectivity index (χ4n) is 2.18. The highest BCUT2D eigenvalue weighted by Gasteiger charge is 2.09. The van der Waals surface area contributed by atoms with Gasteiger partial charge < -0.3 is 4.74 Å². The number of ether oxygens (including phenoxy) is 1. The molecule has 0 atom stereocenters. The van der Waals surface area contributed by atoms with E-state index in [1.165, 1.54) is 0 Å². The van der Waals surface area contributed by atoms with Gasteiger partial charge in [0.25, 0.3) is 0 Å². The molecule has 0 unspecified atom stereocenters. The van der Waals surface area contributed by atoms with Crippen LogP contribution in [0.3, 0.4) is 0 Å². The summed E-state index contributed by atoms with van der Waals surface area (Å²) in [5.74, 6) is 1.61. The van der Waals surface area contributed by atoms with E-state index in [1.807, 2.05) is 6.92 Å². The Balaban J connectivity index is 1.62. The number of sulfonamides is 1. The minimum absolute atomic E-state index is 0.112. The van der Waals surface area contributed by atoms with Crippen molar-refractivity contribution in [2.75, 3.05) is 10.5 Å². The molecule has 2 heterocycles. The van der Waals surface area contributed by atoms with Crippen molar-refractivity contribution in [3.8, 4) is 17.4 Å². The van der Waals surface area contributed by atoms with Gasteiger partial charge >= 0.3 is 0 Å². The second kappa shape index (κ2) is 7.96. The van der Waals surface area contributed by atoms with Crippen LogP contribution in [0.25, 0.3) is 5.82 Å². The smallest absolute Gasteiger partial charge is 0.238 e. The largest absolute Gasteiger partial charge is 0.438 e. The molecule has 9 heteroatoms. The van der Waals surface area contributed by atoms with Crippen molar-refractivity contribution in [3.05, 3.63) is 55.1 Å². The molecule has 0 bridgehead atoms. The third kappa shape index (κ3) is 4.79. The van der Waals surface area contributed by atoms with Crippen LogP contribution in [0.15, 0.2) is 55.1 Å². The maximum Gasteiger partial charge on any atom is 0.238 e. The van der Waals surface area contributed by atoms with Crippen LogP contribution < -0.4 is 9.46 Å². The molecule has 0 saturated carbocycles. The molecular formula is C17H19N5O3S. The molecule has 136 valence electrons. The molecule has 0 radical (unpaired) electrons. The number of nitrogens with one attached hydrogen (secondary N) is 1. The highest BCUT2D eigenvalue weighted by Crippen LogP contribution is 2.22. The number of imidazole rings is 1. The molecule has 26 heavy (non-hydrogen) atoms. The maximum atomic E-state index is 11.9. The number of hydrogen-bond donors (Lipinski definition) is 1.